The first-order valence-electron chi connectivity index (χ1n) is 10.2. The summed E-state index contributed by atoms with van der Waals surface area (Å²) in [5.74, 6) is 1.69. The van der Waals surface area contributed by atoms with E-state index in [4.69, 9.17) is 14.7 Å². The van der Waals surface area contributed by atoms with Gasteiger partial charge in [0.1, 0.15) is 5.75 Å². The Morgan fingerprint density at radius 1 is 0.862 bits per heavy atom. The number of nitrogens with one attached hydrogen (secondary N) is 1. The van der Waals surface area contributed by atoms with E-state index in [1.165, 1.54) is 16.7 Å². The van der Waals surface area contributed by atoms with Gasteiger partial charge in [0.15, 0.2) is 0 Å². The van der Waals surface area contributed by atoms with Gasteiger partial charge in [0.05, 0.1) is 34.6 Å². The average Bonchev–Trinajstić information content (AvgIpc) is 3.31. The second kappa shape index (κ2) is 5.43. The van der Waals surface area contributed by atoms with Gasteiger partial charge in [-0.05, 0) is 29.3 Å². The molecule has 3 unspecified atom stereocenters. The van der Waals surface area contributed by atoms with E-state index in [1.54, 1.807) is 0 Å². The first kappa shape index (κ1) is 15.7. The van der Waals surface area contributed by atoms with Crippen molar-refractivity contribution in [1.82, 2.24) is 15.3 Å². The minimum absolute atomic E-state index is 0.273. The van der Waals surface area contributed by atoms with Crippen LogP contribution < -0.4 is 10.1 Å². The van der Waals surface area contributed by atoms with E-state index in [0.717, 1.165) is 34.7 Å². The molecular formula is C25H19N3O. The summed E-state index contributed by atoms with van der Waals surface area (Å²) in [6.45, 7) is 1.59. The Morgan fingerprint density at radius 3 is 2.55 bits per heavy atom. The third kappa shape index (κ3) is 1.87. The van der Waals surface area contributed by atoms with Crippen molar-refractivity contribution in [3.05, 3.63) is 89.6 Å². The molecule has 29 heavy (non-hydrogen) atoms. The van der Waals surface area contributed by atoms with E-state index < -0.39 is 0 Å². The van der Waals surface area contributed by atoms with E-state index >= 15 is 0 Å². The van der Waals surface area contributed by atoms with Crippen molar-refractivity contribution >= 4 is 11.0 Å². The number of hydrogen-bond donors (Lipinski definition) is 1. The monoisotopic (exact) mass is 377 g/mol. The van der Waals surface area contributed by atoms with Crippen LogP contribution in [0.25, 0.3) is 22.3 Å². The Hall–Kier alpha value is -3.24. The number of hydrogen-bond acceptors (Lipinski definition) is 4. The SMILES string of the molecule is c1ccc2c(c1)OCC1C2CNC12c1ccccc1-c1nc3ccccc3nc12. The molecule has 3 heterocycles. The average molecular weight is 377 g/mol. The van der Waals surface area contributed by atoms with Gasteiger partial charge in [0.2, 0.25) is 0 Å². The Balaban J connectivity index is 1.51. The quantitative estimate of drug-likeness (QED) is 0.498. The second-order valence-corrected chi connectivity index (χ2v) is 8.21. The summed E-state index contributed by atoms with van der Waals surface area (Å²) < 4.78 is 6.25. The largest absolute Gasteiger partial charge is 0.493 e. The van der Waals surface area contributed by atoms with Crippen LogP contribution in [-0.2, 0) is 5.54 Å². The van der Waals surface area contributed by atoms with E-state index in [0.29, 0.717) is 12.5 Å². The number of benzene rings is 3. The molecule has 1 spiro atoms. The Kier molecular flexibility index (Phi) is 2.93. The number of nitrogens with zero attached hydrogens (tertiary/aromatic N) is 2. The van der Waals surface area contributed by atoms with Gasteiger partial charge in [-0.2, -0.15) is 0 Å². The molecule has 1 aromatic heterocycles. The van der Waals surface area contributed by atoms with Crippen molar-refractivity contribution in [2.24, 2.45) is 5.92 Å². The van der Waals surface area contributed by atoms with Crippen molar-refractivity contribution in [2.45, 2.75) is 11.5 Å². The lowest BCUT2D eigenvalue weighted by Gasteiger charge is -2.37. The first-order valence-corrected chi connectivity index (χ1v) is 10.2. The number of rotatable bonds is 0. The maximum Gasteiger partial charge on any atom is 0.122 e. The van der Waals surface area contributed by atoms with Crippen LogP contribution in [0.2, 0.25) is 0 Å². The van der Waals surface area contributed by atoms with E-state index in [-0.39, 0.29) is 11.5 Å². The molecule has 140 valence electrons. The van der Waals surface area contributed by atoms with Gasteiger partial charge >= 0.3 is 0 Å². The Morgan fingerprint density at radius 2 is 1.62 bits per heavy atom. The highest BCUT2D eigenvalue weighted by Gasteiger charge is 2.58. The Labute approximate surface area is 168 Å². The third-order valence-electron chi connectivity index (χ3n) is 6.93. The van der Waals surface area contributed by atoms with Crippen LogP contribution in [0.1, 0.15) is 22.7 Å². The van der Waals surface area contributed by atoms with E-state index in [2.05, 4.69) is 59.9 Å². The lowest BCUT2D eigenvalue weighted by molar-refractivity contribution is 0.167. The van der Waals surface area contributed by atoms with Gasteiger partial charge in [-0.15, -0.1) is 0 Å². The molecule has 1 saturated heterocycles. The predicted octanol–water partition coefficient (Wildman–Crippen LogP) is 4.25. The standard InChI is InChI=1S/C25H19N3O/c1-3-9-18-16(8-1)23-24(28-21-11-5-4-10-20(21)27-23)25(18)19-14-29-22-12-6-2-7-15(22)17(19)13-26-25/h1-12,17,19,26H,13-14H2. The molecule has 0 amide bonds. The summed E-state index contributed by atoms with van der Waals surface area (Å²) in [5, 5.41) is 3.91. The van der Waals surface area contributed by atoms with Crippen LogP contribution in [0.4, 0.5) is 0 Å². The molecule has 1 aliphatic carbocycles. The predicted molar refractivity (Wildman–Crippen MR) is 112 cm³/mol. The summed E-state index contributed by atoms with van der Waals surface area (Å²) in [4.78, 5) is 10.2. The van der Waals surface area contributed by atoms with Crippen LogP contribution in [0, 0.1) is 5.92 Å². The van der Waals surface area contributed by atoms with E-state index in [9.17, 15) is 0 Å². The van der Waals surface area contributed by atoms with Crippen LogP contribution in [0.3, 0.4) is 0 Å². The normalized spacial score (nSPS) is 25.9. The van der Waals surface area contributed by atoms with E-state index in [1.807, 2.05) is 18.2 Å². The fourth-order valence-corrected chi connectivity index (χ4v) is 5.69. The summed E-state index contributed by atoms with van der Waals surface area (Å²) in [6, 6.07) is 25.2. The highest BCUT2D eigenvalue weighted by molar-refractivity contribution is 5.84. The zero-order chi connectivity index (χ0) is 19.0. The number of fused-ring (bicyclic) bond motifs is 10. The molecule has 0 bridgehead atoms. The molecule has 3 atom stereocenters. The number of para-hydroxylation sites is 3. The van der Waals surface area contributed by atoms with Crippen LogP contribution in [-0.4, -0.2) is 23.1 Å². The first-order chi connectivity index (χ1) is 14.4. The maximum absolute atomic E-state index is 6.25. The van der Waals surface area contributed by atoms with Gasteiger partial charge < -0.3 is 10.1 Å². The molecule has 0 radical (unpaired) electrons. The van der Waals surface area contributed by atoms with Crippen molar-refractivity contribution < 1.29 is 4.74 Å². The van der Waals surface area contributed by atoms with Crippen LogP contribution >= 0.6 is 0 Å². The lowest BCUT2D eigenvalue weighted by Crippen LogP contribution is -2.45. The van der Waals surface area contributed by atoms with Crippen LogP contribution in [0.15, 0.2) is 72.8 Å². The van der Waals surface area contributed by atoms with Crippen molar-refractivity contribution in [1.29, 1.82) is 0 Å². The molecule has 4 nitrogen and oxygen atoms in total. The second-order valence-electron chi connectivity index (χ2n) is 8.21. The third-order valence-corrected chi connectivity index (χ3v) is 6.93. The van der Waals surface area contributed by atoms with Gasteiger partial charge in [0.25, 0.3) is 0 Å². The summed E-state index contributed by atoms with van der Waals surface area (Å²) >= 11 is 0. The van der Waals surface area contributed by atoms with Crippen molar-refractivity contribution in [2.75, 3.05) is 13.2 Å². The molecule has 0 saturated carbocycles. The van der Waals surface area contributed by atoms with Gasteiger partial charge in [-0.3, -0.25) is 0 Å². The highest BCUT2D eigenvalue weighted by Crippen LogP contribution is 2.57. The molecule has 1 fully saturated rings. The van der Waals surface area contributed by atoms with Crippen molar-refractivity contribution in [3.8, 4) is 17.0 Å². The number of ether oxygens (including phenoxy) is 1. The fourth-order valence-electron chi connectivity index (χ4n) is 5.69. The molecule has 2 aliphatic heterocycles. The van der Waals surface area contributed by atoms with Crippen LogP contribution in [0.5, 0.6) is 5.75 Å². The topological polar surface area (TPSA) is 47.0 Å². The summed E-state index contributed by atoms with van der Waals surface area (Å²) in [5.41, 5.74) is 7.35. The molecule has 7 rings (SSSR count). The molecule has 4 heteroatoms. The summed E-state index contributed by atoms with van der Waals surface area (Å²) in [7, 11) is 0. The van der Waals surface area contributed by atoms with Gasteiger partial charge in [0, 0.05) is 23.9 Å². The highest BCUT2D eigenvalue weighted by atomic mass is 16.5. The zero-order valence-electron chi connectivity index (χ0n) is 15.8. The zero-order valence-corrected chi connectivity index (χ0v) is 15.8. The molecule has 1 N–H and O–H groups in total. The fraction of sp³-hybridized carbons (Fsp3) is 0.200. The smallest absolute Gasteiger partial charge is 0.122 e. The lowest BCUT2D eigenvalue weighted by atomic mass is 9.73. The molecule has 3 aliphatic rings. The van der Waals surface area contributed by atoms with Crippen molar-refractivity contribution in [3.63, 3.8) is 0 Å². The molecule has 3 aromatic carbocycles. The van der Waals surface area contributed by atoms with Gasteiger partial charge in [-0.1, -0.05) is 54.6 Å². The minimum Gasteiger partial charge on any atom is -0.493 e. The summed E-state index contributed by atoms with van der Waals surface area (Å²) in [6.07, 6.45) is 0. The molecular weight excluding hydrogens is 358 g/mol. The molecule has 4 aromatic rings. The van der Waals surface area contributed by atoms with Gasteiger partial charge in [-0.25, -0.2) is 9.97 Å². The Bertz CT molecular complexity index is 1300. The minimum atomic E-state index is -0.360. The number of aromatic nitrogens is 2. The maximum atomic E-state index is 6.25.